The number of benzene rings is 3. The van der Waals surface area contributed by atoms with Crippen molar-refractivity contribution in [3.8, 4) is 11.1 Å². The summed E-state index contributed by atoms with van der Waals surface area (Å²) in [5.41, 5.74) is 4.94. The van der Waals surface area contributed by atoms with E-state index in [1.54, 1.807) is 30.3 Å². The normalized spacial score (nSPS) is 13.8. The van der Waals surface area contributed by atoms with Crippen molar-refractivity contribution in [2.75, 3.05) is 13.7 Å². The molecule has 2 amide bonds. The molecule has 0 heterocycles. The summed E-state index contributed by atoms with van der Waals surface area (Å²) < 4.78 is 5.59. The van der Waals surface area contributed by atoms with Crippen LogP contribution in [0.15, 0.2) is 78.9 Å². The Bertz CT molecular complexity index is 1160. The molecule has 0 saturated heterocycles. The molecule has 0 bridgehead atoms. The van der Waals surface area contributed by atoms with Crippen molar-refractivity contribution in [1.29, 1.82) is 0 Å². The van der Waals surface area contributed by atoms with E-state index < -0.39 is 30.1 Å². The summed E-state index contributed by atoms with van der Waals surface area (Å²) in [5.74, 6) is -1.79. The molecule has 3 aromatic rings. The number of alkyl carbamates (subject to hydrolysis) is 1. The van der Waals surface area contributed by atoms with Crippen LogP contribution in [0.3, 0.4) is 0 Å². The summed E-state index contributed by atoms with van der Waals surface area (Å²) in [6.45, 7) is 1.52. The van der Waals surface area contributed by atoms with Crippen LogP contribution in [0.25, 0.3) is 11.1 Å². The molecular formula is C27H26N2O5. The van der Waals surface area contributed by atoms with Gasteiger partial charge in [0.15, 0.2) is 0 Å². The molecule has 7 heteroatoms. The number of aliphatic carboxylic acids is 1. The molecule has 0 spiro atoms. The first kappa shape index (κ1) is 23.0. The zero-order valence-electron chi connectivity index (χ0n) is 19.0. The summed E-state index contributed by atoms with van der Waals surface area (Å²) >= 11 is 0. The summed E-state index contributed by atoms with van der Waals surface area (Å²) in [4.78, 5) is 38.4. The van der Waals surface area contributed by atoms with E-state index in [0.29, 0.717) is 5.56 Å². The molecule has 7 nitrogen and oxygen atoms in total. The average Bonchev–Trinajstić information content (AvgIpc) is 3.19. The van der Waals surface area contributed by atoms with Gasteiger partial charge in [0.1, 0.15) is 18.7 Å². The maximum absolute atomic E-state index is 13.1. The van der Waals surface area contributed by atoms with Crippen LogP contribution in [0.1, 0.15) is 35.6 Å². The van der Waals surface area contributed by atoms with E-state index in [-0.39, 0.29) is 12.5 Å². The Morgan fingerprint density at radius 2 is 1.44 bits per heavy atom. The van der Waals surface area contributed by atoms with Gasteiger partial charge in [0.2, 0.25) is 5.91 Å². The highest BCUT2D eigenvalue weighted by molar-refractivity contribution is 5.90. The molecule has 0 saturated carbocycles. The fourth-order valence-electron chi connectivity index (χ4n) is 4.25. The number of carbonyl (C=O) groups is 3. The number of nitrogens with one attached hydrogen (secondary N) is 1. The van der Waals surface area contributed by atoms with Gasteiger partial charge in [0.05, 0.1) is 0 Å². The van der Waals surface area contributed by atoms with Crippen LogP contribution in [0.4, 0.5) is 4.79 Å². The van der Waals surface area contributed by atoms with Crippen LogP contribution in [0.2, 0.25) is 0 Å². The number of nitrogens with zero attached hydrogens (tertiary/aromatic N) is 1. The second-order valence-electron chi connectivity index (χ2n) is 8.28. The molecule has 3 aromatic carbocycles. The number of hydrogen-bond donors (Lipinski definition) is 2. The Morgan fingerprint density at radius 1 is 0.912 bits per heavy atom. The van der Waals surface area contributed by atoms with E-state index in [1.807, 2.05) is 36.4 Å². The van der Waals surface area contributed by atoms with E-state index in [2.05, 4.69) is 17.4 Å². The first-order valence-corrected chi connectivity index (χ1v) is 11.0. The summed E-state index contributed by atoms with van der Waals surface area (Å²) in [5, 5.41) is 11.9. The van der Waals surface area contributed by atoms with Crippen LogP contribution >= 0.6 is 0 Å². The van der Waals surface area contributed by atoms with Gasteiger partial charge in [-0.15, -0.1) is 0 Å². The van der Waals surface area contributed by atoms with Gasteiger partial charge in [0, 0.05) is 13.0 Å². The summed E-state index contributed by atoms with van der Waals surface area (Å²) in [6, 6.07) is 22.6. The number of carboxylic acids is 1. The maximum atomic E-state index is 13.1. The topological polar surface area (TPSA) is 95.9 Å². The van der Waals surface area contributed by atoms with Crippen molar-refractivity contribution in [3.05, 3.63) is 95.6 Å². The molecule has 0 radical (unpaired) electrons. The second-order valence-corrected chi connectivity index (χ2v) is 8.28. The van der Waals surface area contributed by atoms with Crippen LogP contribution in [-0.2, 0) is 14.3 Å². The quantitative estimate of drug-likeness (QED) is 0.553. The molecule has 0 fully saturated rings. The van der Waals surface area contributed by atoms with Crippen molar-refractivity contribution < 1.29 is 24.2 Å². The van der Waals surface area contributed by atoms with Crippen molar-refractivity contribution in [1.82, 2.24) is 10.2 Å². The van der Waals surface area contributed by atoms with Gasteiger partial charge in [-0.25, -0.2) is 9.59 Å². The van der Waals surface area contributed by atoms with Crippen molar-refractivity contribution >= 4 is 18.0 Å². The lowest BCUT2D eigenvalue weighted by Gasteiger charge is -2.27. The first-order valence-electron chi connectivity index (χ1n) is 11.0. The van der Waals surface area contributed by atoms with E-state index in [9.17, 15) is 19.5 Å². The zero-order valence-corrected chi connectivity index (χ0v) is 19.0. The van der Waals surface area contributed by atoms with Gasteiger partial charge in [-0.3, -0.25) is 4.79 Å². The summed E-state index contributed by atoms with van der Waals surface area (Å²) in [6.07, 6.45) is -0.750. The van der Waals surface area contributed by atoms with Crippen molar-refractivity contribution in [3.63, 3.8) is 0 Å². The predicted octanol–water partition coefficient (Wildman–Crippen LogP) is 4.20. The molecule has 0 aliphatic heterocycles. The molecule has 0 aromatic heterocycles. The first-order chi connectivity index (χ1) is 16.4. The van der Waals surface area contributed by atoms with Crippen LogP contribution in [0, 0.1) is 0 Å². The van der Waals surface area contributed by atoms with E-state index >= 15 is 0 Å². The van der Waals surface area contributed by atoms with Crippen LogP contribution < -0.4 is 5.32 Å². The monoisotopic (exact) mass is 458 g/mol. The molecule has 1 aliphatic carbocycles. The van der Waals surface area contributed by atoms with Gasteiger partial charge in [-0.2, -0.15) is 0 Å². The minimum atomic E-state index is -1.14. The highest BCUT2D eigenvalue weighted by Crippen LogP contribution is 2.44. The third-order valence-corrected chi connectivity index (χ3v) is 6.27. The molecule has 174 valence electrons. The number of likely N-dealkylation sites (N-methyl/N-ethyl adjacent to an activating group) is 1. The second kappa shape index (κ2) is 9.79. The largest absolute Gasteiger partial charge is 0.480 e. The lowest BCUT2D eigenvalue weighted by Crippen LogP contribution is -2.47. The number of carboxylic acid groups (broad SMARTS) is 1. The SMILES string of the molecule is C[C@@H](C(=O)O)N(C)C(=O)[C@H](NC(=O)OCC1c2ccccc2-c2ccccc21)c1ccccc1. The Balaban J connectivity index is 1.51. The van der Waals surface area contributed by atoms with Crippen LogP contribution in [-0.4, -0.2) is 47.7 Å². The number of ether oxygens (including phenoxy) is 1. The minimum absolute atomic E-state index is 0.108. The Labute approximate surface area is 198 Å². The van der Waals surface area contributed by atoms with Crippen molar-refractivity contribution in [2.24, 2.45) is 0 Å². The zero-order chi connectivity index (χ0) is 24.2. The summed E-state index contributed by atoms with van der Waals surface area (Å²) in [7, 11) is 1.40. The highest BCUT2D eigenvalue weighted by atomic mass is 16.5. The van der Waals surface area contributed by atoms with Gasteiger partial charge < -0.3 is 20.1 Å². The number of carbonyl (C=O) groups excluding carboxylic acids is 2. The van der Waals surface area contributed by atoms with Crippen LogP contribution in [0.5, 0.6) is 0 Å². The molecular weight excluding hydrogens is 432 g/mol. The Kier molecular flexibility index (Phi) is 6.63. The Hall–Kier alpha value is -4.13. The predicted molar refractivity (Wildman–Crippen MR) is 127 cm³/mol. The molecule has 4 rings (SSSR count). The standard InChI is InChI=1S/C27H26N2O5/c1-17(26(31)32)29(2)25(30)24(18-10-4-3-5-11-18)28-27(33)34-16-23-21-14-8-6-12-19(21)20-13-7-9-15-22(20)23/h3-15,17,23-24H,16H2,1-2H3,(H,28,33)(H,31,32)/t17-,24+/m0/s1. The fourth-order valence-corrected chi connectivity index (χ4v) is 4.25. The molecule has 0 unspecified atom stereocenters. The number of amides is 2. The number of fused-ring (bicyclic) bond motifs is 3. The van der Waals surface area contributed by atoms with Gasteiger partial charge in [0.25, 0.3) is 0 Å². The number of hydrogen-bond acceptors (Lipinski definition) is 4. The fraction of sp³-hybridized carbons (Fsp3) is 0.222. The minimum Gasteiger partial charge on any atom is -0.480 e. The van der Waals surface area contributed by atoms with E-state index in [4.69, 9.17) is 4.74 Å². The maximum Gasteiger partial charge on any atom is 0.408 e. The molecule has 34 heavy (non-hydrogen) atoms. The van der Waals surface area contributed by atoms with Gasteiger partial charge >= 0.3 is 12.1 Å². The lowest BCUT2D eigenvalue weighted by molar-refractivity contribution is -0.149. The molecule has 2 N–H and O–H groups in total. The van der Waals surface area contributed by atoms with E-state index in [0.717, 1.165) is 27.2 Å². The third kappa shape index (κ3) is 4.50. The Morgan fingerprint density at radius 3 is 2.00 bits per heavy atom. The highest BCUT2D eigenvalue weighted by Gasteiger charge is 2.32. The molecule has 2 atom stereocenters. The smallest absolute Gasteiger partial charge is 0.408 e. The molecule has 1 aliphatic rings. The third-order valence-electron chi connectivity index (χ3n) is 6.27. The lowest BCUT2D eigenvalue weighted by atomic mass is 9.98. The number of rotatable bonds is 7. The average molecular weight is 459 g/mol. The van der Waals surface area contributed by atoms with E-state index in [1.165, 1.54) is 14.0 Å². The van der Waals surface area contributed by atoms with Crippen molar-refractivity contribution in [2.45, 2.75) is 24.9 Å². The van der Waals surface area contributed by atoms with Gasteiger partial charge in [-0.05, 0) is 34.7 Å². The van der Waals surface area contributed by atoms with Gasteiger partial charge in [-0.1, -0.05) is 78.9 Å².